The average Bonchev–Trinajstić information content (AvgIpc) is 3.14. The molecule has 1 fully saturated rings. The summed E-state index contributed by atoms with van der Waals surface area (Å²) < 4.78 is 11.7. The molecule has 0 bridgehead atoms. The van der Waals surface area contributed by atoms with E-state index in [1.165, 1.54) is 12.8 Å². The van der Waals surface area contributed by atoms with Gasteiger partial charge in [-0.15, -0.1) is 0 Å². The third-order valence-corrected chi connectivity index (χ3v) is 3.71. The standard InChI is InChI=1S/C16H21NO4/c1-9(2)20-14-5-10(16(18)19)6-15-13(14)7-12(21-15)8-17-11-3-4-11/h5-6,9,11-12,17H,3-4,7-8H2,1-2H3,(H,18,19). The van der Waals surface area contributed by atoms with Crippen molar-refractivity contribution in [1.82, 2.24) is 5.32 Å². The van der Waals surface area contributed by atoms with Gasteiger partial charge in [0, 0.05) is 24.6 Å². The number of benzene rings is 1. The molecule has 0 spiro atoms. The maximum absolute atomic E-state index is 11.2. The Labute approximate surface area is 124 Å². The number of nitrogens with one attached hydrogen (secondary N) is 1. The van der Waals surface area contributed by atoms with Crippen LogP contribution < -0.4 is 14.8 Å². The summed E-state index contributed by atoms with van der Waals surface area (Å²) in [6.07, 6.45) is 3.30. The second-order valence-corrected chi connectivity index (χ2v) is 6.05. The van der Waals surface area contributed by atoms with Crippen LogP contribution in [0, 0.1) is 0 Å². The van der Waals surface area contributed by atoms with Crippen molar-refractivity contribution in [3.05, 3.63) is 23.3 Å². The molecule has 0 saturated heterocycles. The molecule has 114 valence electrons. The first-order chi connectivity index (χ1) is 10.0. The van der Waals surface area contributed by atoms with Crippen molar-refractivity contribution in [1.29, 1.82) is 0 Å². The molecule has 21 heavy (non-hydrogen) atoms. The van der Waals surface area contributed by atoms with E-state index in [2.05, 4.69) is 5.32 Å². The van der Waals surface area contributed by atoms with Gasteiger partial charge in [0.05, 0.1) is 11.7 Å². The van der Waals surface area contributed by atoms with E-state index < -0.39 is 5.97 Å². The summed E-state index contributed by atoms with van der Waals surface area (Å²) in [4.78, 5) is 11.2. The molecule has 1 aliphatic carbocycles. The fourth-order valence-electron chi connectivity index (χ4n) is 2.56. The van der Waals surface area contributed by atoms with Crippen molar-refractivity contribution in [3.63, 3.8) is 0 Å². The van der Waals surface area contributed by atoms with Gasteiger partial charge in [0.1, 0.15) is 17.6 Å². The minimum atomic E-state index is -0.963. The molecule has 2 N–H and O–H groups in total. The summed E-state index contributed by atoms with van der Waals surface area (Å²) in [5.74, 6) is 0.316. The zero-order valence-electron chi connectivity index (χ0n) is 12.4. The van der Waals surface area contributed by atoms with E-state index in [1.54, 1.807) is 12.1 Å². The molecule has 0 amide bonds. The minimum absolute atomic E-state index is 0.00165. The number of hydrogen-bond acceptors (Lipinski definition) is 4. The molecule has 5 heteroatoms. The van der Waals surface area contributed by atoms with E-state index in [0.717, 1.165) is 18.5 Å². The molecule has 0 radical (unpaired) electrons. The minimum Gasteiger partial charge on any atom is -0.491 e. The number of fused-ring (bicyclic) bond motifs is 1. The lowest BCUT2D eigenvalue weighted by Gasteiger charge is -2.13. The largest absolute Gasteiger partial charge is 0.491 e. The summed E-state index contributed by atoms with van der Waals surface area (Å²) in [6.45, 7) is 4.66. The maximum Gasteiger partial charge on any atom is 0.335 e. The Hall–Kier alpha value is -1.75. The first-order valence-corrected chi connectivity index (χ1v) is 7.50. The van der Waals surface area contributed by atoms with Crippen LogP contribution in [0.3, 0.4) is 0 Å². The third-order valence-electron chi connectivity index (χ3n) is 3.71. The molecule has 1 atom stereocenters. The highest BCUT2D eigenvalue weighted by molar-refractivity contribution is 5.89. The Morgan fingerprint density at radius 1 is 1.48 bits per heavy atom. The smallest absolute Gasteiger partial charge is 0.335 e. The van der Waals surface area contributed by atoms with Gasteiger partial charge < -0.3 is 19.9 Å². The highest BCUT2D eigenvalue weighted by Crippen LogP contribution is 2.38. The van der Waals surface area contributed by atoms with Crippen LogP contribution in [0.15, 0.2) is 12.1 Å². The second kappa shape index (κ2) is 5.56. The second-order valence-electron chi connectivity index (χ2n) is 6.05. The Bertz CT molecular complexity index is 551. The Kier molecular flexibility index (Phi) is 3.76. The Balaban J connectivity index is 1.80. The number of carbonyl (C=O) groups is 1. The van der Waals surface area contributed by atoms with Crippen LogP contribution in [0.2, 0.25) is 0 Å². The lowest BCUT2D eigenvalue weighted by atomic mass is 10.1. The van der Waals surface area contributed by atoms with Crippen molar-refractivity contribution in [2.24, 2.45) is 0 Å². The van der Waals surface area contributed by atoms with Crippen LogP contribution in [0.25, 0.3) is 0 Å². The van der Waals surface area contributed by atoms with Crippen molar-refractivity contribution in [2.45, 2.75) is 51.4 Å². The van der Waals surface area contributed by atoms with E-state index in [1.807, 2.05) is 13.8 Å². The van der Waals surface area contributed by atoms with Crippen molar-refractivity contribution < 1.29 is 19.4 Å². The van der Waals surface area contributed by atoms with Gasteiger partial charge in [0.25, 0.3) is 0 Å². The zero-order valence-corrected chi connectivity index (χ0v) is 12.4. The Morgan fingerprint density at radius 3 is 2.86 bits per heavy atom. The van der Waals surface area contributed by atoms with E-state index in [4.69, 9.17) is 9.47 Å². The molecule has 1 unspecified atom stereocenters. The van der Waals surface area contributed by atoms with Gasteiger partial charge in [-0.3, -0.25) is 0 Å². The van der Waals surface area contributed by atoms with Crippen molar-refractivity contribution in [2.75, 3.05) is 6.54 Å². The van der Waals surface area contributed by atoms with Crippen LogP contribution in [-0.2, 0) is 6.42 Å². The fourth-order valence-corrected chi connectivity index (χ4v) is 2.56. The maximum atomic E-state index is 11.2. The predicted molar refractivity (Wildman–Crippen MR) is 78.3 cm³/mol. The predicted octanol–water partition coefficient (Wildman–Crippen LogP) is 2.23. The summed E-state index contributed by atoms with van der Waals surface area (Å²) >= 11 is 0. The number of aromatic carboxylic acids is 1. The molecular weight excluding hydrogens is 270 g/mol. The van der Waals surface area contributed by atoms with E-state index in [-0.39, 0.29) is 17.8 Å². The molecule has 1 aromatic rings. The van der Waals surface area contributed by atoms with Crippen LogP contribution in [-0.4, -0.2) is 35.9 Å². The monoisotopic (exact) mass is 291 g/mol. The SMILES string of the molecule is CC(C)Oc1cc(C(=O)O)cc2c1CC(CNC1CC1)O2. The highest BCUT2D eigenvalue weighted by atomic mass is 16.5. The summed E-state index contributed by atoms with van der Waals surface area (Å²) in [5.41, 5.74) is 1.19. The summed E-state index contributed by atoms with van der Waals surface area (Å²) in [5, 5.41) is 12.7. The fraction of sp³-hybridized carbons (Fsp3) is 0.562. The number of hydrogen-bond donors (Lipinski definition) is 2. The number of rotatable bonds is 6. The normalized spacial score (nSPS) is 20.2. The van der Waals surface area contributed by atoms with Gasteiger partial charge >= 0.3 is 5.97 Å². The first-order valence-electron chi connectivity index (χ1n) is 7.50. The van der Waals surface area contributed by atoms with Crippen LogP contribution in [0.4, 0.5) is 0 Å². The van der Waals surface area contributed by atoms with Crippen molar-refractivity contribution >= 4 is 5.97 Å². The third kappa shape index (κ3) is 3.29. The molecular formula is C16H21NO4. The molecule has 1 aliphatic heterocycles. The summed E-state index contributed by atoms with van der Waals surface area (Å²) in [7, 11) is 0. The molecule has 3 rings (SSSR count). The molecule has 1 aromatic carbocycles. The van der Waals surface area contributed by atoms with E-state index in [0.29, 0.717) is 17.5 Å². The van der Waals surface area contributed by atoms with Crippen molar-refractivity contribution in [3.8, 4) is 11.5 Å². The number of carboxylic acid groups (broad SMARTS) is 1. The van der Waals surface area contributed by atoms with E-state index >= 15 is 0 Å². The quantitative estimate of drug-likeness (QED) is 0.841. The zero-order chi connectivity index (χ0) is 15.0. The molecule has 0 aromatic heterocycles. The van der Waals surface area contributed by atoms with Crippen LogP contribution in [0.5, 0.6) is 11.5 Å². The number of carboxylic acids is 1. The van der Waals surface area contributed by atoms with Gasteiger partial charge in [-0.2, -0.15) is 0 Å². The first kappa shape index (κ1) is 14.2. The topological polar surface area (TPSA) is 67.8 Å². The highest BCUT2D eigenvalue weighted by Gasteiger charge is 2.30. The van der Waals surface area contributed by atoms with Gasteiger partial charge in [-0.05, 0) is 38.8 Å². The Morgan fingerprint density at radius 2 is 2.24 bits per heavy atom. The van der Waals surface area contributed by atoms with Gasteiger partial charge in [0.15, 0.2) is 0 Å². The lowest BCUT2D eigenvalue weighted by molar-refractivity contribution is 0.0695. The molecule has 5 nitrogen and oxygen atoms in total. The van der Waals surface area contributed by atoms with Gasteiger partial charge in [-0.1, -0.05) is 0 Å². The lowest BCUT2D eigenvalue weighted by Crippen LogP contribution is -2.31. The number of ether oxygens (including phenoxy) is 2. The average molecular weight is 291 g/mol. The molecule has 2 aliphatic rings. The molecule has 1 heterocycles. The van der Waals surface area contributed by atoms with E-state index in [9.17, 15) is 9.90 Å². The van der Waals surface area contributed by atoms with Crippen LogP contribution >= 0.6 is 0 Å². The van der Waals surface area contributed by atoms with Crippen LogP contribution in [0.1, 0.15) is 42.6 Å². The molecule has 1 saturated carbocycles. The van der Waals surface area contributed by atoms with Gasteiger partial charge in [-0.25, -0.2) is 4.79 Å². The summed E-state index contributed by atoms with van der Waals surface area (Å²) in [6, 6.07) is 3.83. The van der Waals surface area contributed by atoms with Gasteiger partial charge in [0.2, 0.25) is 0 Å².